The van der Waals surface area contributed by atoms with Gasteiger partial charge in [-0.2, -0.15) is 0 Å². The van der Waals surface area contributed by atoms with Crippen LogP contribution in [0.15, 0.2) is 33.5 Å². The van der Waals surface area contributed by atoms with E-state index in [-0.39, 0.29) is 11.3 Å². The van der Waals surface area contributed by atoms with Crippen molar-refractivity contribution in [2.24, 2.45) is 0 Å². The molecule has 2 aliphatic heterocycles. The number of ether oxygens (including phenoxy) is 4. The van der Waals surface area contributed by atoms with Crippen LogP contribution in [0.3, 0.4) is 0 Å². The molecule has 3 heterocycles. The SMILES string of the molecule is Cc1cc(=O)oc2cc(O[C@@H]3O[C@H](CO)[C@@H](O[C@@H]4O[C@@H](CO)[C@@H](O)[C@H](O)[C@H]4O)[C@H](O)[C@@H]3O)ccc12. The second kappa shape index (κ2) is 10.4. The first kappa shape index (κ1) is 25.9. The highest BCUT2D eigenvalue weighted by Crippen LogP contribution is 2.31. The summed E-state index contributed by atoms with van der Waals surface area (Å²) in [6.07, 6.45) is -15.6. The van der Waals surface area contributed by atoms with Gasteiger partial charge in [-0.1, -0.05) is 0 Å². The maximum Gasteiger partial charge on any atom is 0.336 e. The van der Waals surface area contributed by atoms with Crippen molar-refractivity contribution in [1.82, 2.24) is 0 Å². The summed E-state index contributed by atoms with van der Waals surface area (Å²) >= 11 is 0. The van der Waals surface area contributed by atoms with Crippen molar-refractivity contribution in [3.63, 3.8) is 0 Å². The molecule has 13 heteroatoms. The molecule has 0 bridgehead atoms. The van der Waals surface area contributed by atoms with Crippen molar-refractivity contribution in [3.8, 4) is 5.75 Å². The van der Waals surface area contributed by atoms with Gasteiger partial charge in [-0.15, -0.1) is 0 Å². The molecule has 194 valence electrons. The zero-order valence-corrected chi connectivity index (χ0v) is 18.6. The van der Waals surface area contributed by atoms with E-state index in [2.05, 4.69) is 0 Å². The summed E-state index contributed by atoms with van der Waals surface area (Å²) < 4.78 is 27.1. The molecule has 0 aliphatic carbocycles. The van der Waals surface area contributed by atoms with Gasteiger partial charge in [-0.25, -0.2) is 4.79 Å². The molecule has 0 amide bonds. The van der Waals surface area contributed by atoms with Gasteiger partial charge in [0, 0.05) is 17.5 Å². The van der Waals surface area contributed by atoms with E-state index in [1.165, 1.54) is 12.1 Å². The Hall–Kier alpha value is -2.17. The molecule has 0 spiro atoms. The summed E-state index contributed by atoms with van der Waals surface area (Å²) in [6, 6.07) is 5.94. The van der Waals surface area contributed by atoms with Crippen LogP contribution >= 0.6 is 0 Å². The lowest BCUT2D eigenvalue weighted by Crippen LogP contribution is -2.65. The Labute approximate surface area is 198 Å². The Morgan fingerprint density at radius 1 is 0.829 bits per heavy atom. The molecule has 1 aromatic carbocycles. The summed E-state index contributed by atoms with van der Waals surface area (Å²) in [6.45, 7) is 0.352. The fraction of sp³-hybridized carbons (Fsp3) is 0.591. The quantitative estimate of drug-likeness (QED) is 0.199. The average molecular weight is 500 g/mol. The van der Waals surface area contributed by atoms with Crippen molar-refractivity contribution >= 4 is 11.0 Å². The number of hydrogen-bond donors (Lipinski definition) is 7. The number of rotatable bonds is 6. The molecule has 2 fully saturated rings. The minimum Gasteiger partial charge on any atom is -0.462 e. The number of aryl methyl sites for hydroxylation is 1. The van der Waals surface area contributed by atoms with E-state index in [0.717, 1.165) is 0 Å². The Balaban J connectivity index is 1.50. The third kappa shape index (κ3) is 5.06. The van der Waals surface area contributed by atoms with Crippen LogP contribution in [0.25, 0.3) is 11.0 Å². The standard InChI is InChI=1S/C22H28O13/c1-8-4-14(25)32-11-5-9(2-3-10(8)11)31-21-19(30)17(28)20(13(7-24)34-21)35-22-18(29)16(27)15(26)12(6-23)33-22/h2-5,12-13,15-24,26-30H,6-7H2,1H3/t12-,13+,15+,16-,17+,18+,19-,20+,21+,22-/m0/s1. The van der Waals surface area contributed by atoms with E-state index in [9.17, 15) is 40.5 Å². The van der Waals surface area contributed by atoms with Crippen molar-refractivity contribution in [2.45, 2.75) is 68.3 Å². The first-order valence-corrected chi connectivity index (χ1v) is 10.9. The molecule has 2 aromatic rings. The molecule has 4 rings (SSSR count). The van der Waals surface area contributed by atoms with Crippen LogP contribution in [0, 0.1) is 6.92 Å². The Morgan fingerprint density at radius 2 is 1.49 bits per heavy atom. The Bertz CT molecular complexity index is 1070. The van der Waals surface area contributed by atoms with Gasteiger partial charge in [0.2, 0.25) is 6.29 Å². The predicted octanol–water partition coefficient (Wildman–Crippen LogP) is -2.90. The smallest absolute Gasteiger partial charge is 0.336 e. The lowest BCUT2D eigenvalue weighted by atomic mass is 9.97. The Kier molecular flexibility index (Phi) is 7.73. The second-order valence-corrected chi connectivity index (χ2v) is 8.53. The van der Waals surface area contributed by atoms with Crippen molar-refractivity contribution in [1.29, 1.82) is 0 Å². The van der Waals surface area contributed by atoms with Gasteiger partial charge in [0.05, 0.1) is 13.2 Å². The van der Waals surface area contributed by atoms with Gasteiger partial charge < -0.3 is 59.1 Å². The zero-order chi connectivity index (χ0) is 25.4. The number of aliphatic hydroxyl groups excluding tert-OH is 7. The first-order chi connectivity index (χ1) is 16.6. The topological polar surface area (TPSA) is 209 Å². The molecule has 7 N–H and O–H groups in total. The molecule has 13 nitrogen and oxygen atoms in total. The van der Waals surface area contributed by atoms with Crippen molar-refractivity contribution in [2.75, 3.05) is 13.2 Å². The summed E-state index contributed by atoms with van der Waals surface area (Å²) in [7, 11) is 0. The minimum absolute atomic E-state index is 0.146. The molecule has 2 aliphatic rings. The zero-order valence-electron chi connectivity index (χ0n) is 18.6. The summed E-state index contributed by atoms with van der Waals surface area (Å²) in [5.74, 6) is 0.146. The van der Waals surface area contributed by atoms with Gasteiger partial charge in [-0.3, -0.25) is 0 Å². The lowest BCUT2D eigenvalue weighted by Gasteiger charge is -2.45. The monoisotopic (exact) mass is 500 g/mol. The van der Waals surface area contributed by atoms with Gasteiger partial charge in [0.25, 0.3) is 0 Å². The third-order valence-electron chi connectivity index (χ3n) is 6.14. The maximum absolute atomic E-state index is 11.7. The van der Waals surface area contributed by atoms with Gasteiger partial charge in [-0.05, 0) is 24.6 Å². The van der Waals surface area contributed by atoms with E-state index in [1.54, 1.807) is 19.1 Å². The first-order valence-electron chi connectivity index (χ1n) is 10.9. The second-order valence-electron chi connectivity index (χ2n) is 8.53. The number of hydrogen-bond acceptors (Lipinski definition) is 13. The highest BCUT2D eigenvalue weighted by atomic mass is 16.7. The van der Waals surface area contributed by atoms with Crippen LogP contribution in [0.1, 0.15) is 5.56 Å². The van der Waals surface area contributed by atoms with Crippen molar-refractivity contribution < 1.29 is 59.1 Å². The lowest BCUT2D eigenvalue weighted by molar-refractivity contribution is -0.352. The van der Waals surface area contributed by atoms with Crippen molar-refractivity contribution in [3.05, 3.63) is 40.2 Å². The van der Waals surface area contributed by atoms with Crippen LogP contribution in [0.4, 0.5) is 0 Å². The highest BCUT2D eigenvalue weighted by Gasteiger charge is 2.51. The number of fused-ring (bicyclic) bond motifs is 1. The summed E-state index contributed by atoms with van der Waals surface area (Å²) in [5, 5.41) is 71.1. The van der Waals surface area contributed by atoms with E-state index >= 15 is 0 Å². The number of benzene rings is 1. The number of aliphatic hydroxyl groups is 7. The van der Waals surface area contributed by atoms with Crippen LogP contribution < -0.4 is 10.4 Å². The largest absolute Gasteiger partial charge is 0.462 e. The normalized spacial score (nSPS) is 37.9. The van der Waals surface area contributed by atoms with Gasteiger partial charge >= 0.3 is 5.63 Å². The molecule has 1 aromatic heterocycles. The predicted molar refractivity (Wildman–Crippen MR) is 114 cm³/mol. The molecular weight excluding hydrogens is 472 g/mol. The van der Waals surface area contributed by atoms with E-state index in [0.29, 0.717) is 10.9 Å². The fourth-order valence-corrected chi connectivity index (χ4v) is 4.17. The summed E-state index contributed by atoms with van der Waals surface area (Å²) in [4.78, 5) is 11.7. The van der Waals surface area contributed by atoms with Crippen LogP contribution in [-0.2, 0) is 14.2 Å². The molecule has 10 atom stereocenters. The fourth-order valence-electron chi connectivity index (χ4n) is 4.17. The van der Waals surface area contributed by atoms with E-state index in [4.69, 9.17) is 23.4 Å². The van der Waals surface area contributed by atoms with Gasteiger partial charge in [0.15, 0.2) is 6.29 Å². The van der Waals surface area contributed by atoms with E-state index < -0.39 is 80.3 Å². The molecule has 0 unspecified atom stereocenters. The van der Waals surface area contributed by atoms with Crippen LogP contribution in [-0.4, -0.2) is 110 Å². The molecule has 35 heavy (non-hydrogen) atoms. The highest BCUT2D eigenvalue weighted by molar-refractivity contribution is 5.81. The van der Waals surface area contributed by atoms with Crippen LogP contribution in [0.5, 0.6) is 5.75 Å². The van der Waals surface area contributed by atoms with Gasteiger partial charge in [0.1, 0.15) is 60.2 Å². The molecule has 0 saturated carbocycles. The Morgan fingerprint density at radius 3 is 2.17 bits per heavy atom. The van der Waals surface area contributed by atoms with Crippen LogP contribution in [0.2, 0.25) is 0 Å². The minimum atomic E-state index is -1.76. The average Bonchev–Trinajstić information content (AvgIpc) is 2.83. The van der Waals surface area contributed by atoms with E-state index in [1.807, 2.05) is 0 Å². The summed E-state index contributed by atoms with van der Waals surface area (Å²) in [5.41, 5.74) is 0.381. The molecule has 2 saturated heterocycles. The maximum atomic E-state index is 11.7. The third-order valence-corrected chi connectivity index (χ3v) is 6.14. The molecule has 0 radical (unpaired) electrons. The molecular formula is C22H28O13.